The van der Waals surface area contributed by atoms with Gasteiger partial charge in [-0.15, -0.1) is 0 Å². The van der Waals surface area contributed by atoms with E-state index in [9.17, 15) is 18.3 Å². The van der Waals surface area contributed by atoms with Gasteiger partial charge >= 0.3 is 0 Å². The van der Waals surface area contributed by atoms with Crippen molar-refractivity contribution in [2.45, 2.75) is 9.79 Å². The molecule has 94 valence electrons. The molecule has 0 spiro atoms. The number of sulfone groups is 1. The van der Waals surface area contributed by atoms with Gasteiger partial charge in [0.05, 0.1) is 15.8 Å². The van der Waals surface area contributed by atoms with Crippen LogP contribution in [0.15, 0.2) is 44.8 Å². The number of hydrogen-bond donors (Lipinski definition) is 0. The Labute approximate surface area is 112 Å². The molecule has 0 atom stereocenters. The highest BCUT2D eigenvalue weighted by Crippen LogP contribution is 2.27. The van der Waals surface area contributed by atoms with Gasteiger partial charge in [-0.25, -0.2) is 8.42 Å². The third kappa shape index (κ3) is 2.27. The lowest BCUT2D eigenvalue weighted by atomic mass is 10.3. The summed E-state index contributed by atoms with van der Waals surface area (Å²) in [6.07, 6.45) is 0. The molecule has 0 aliphatic heterocycles. The van der Waals surface area contributed by atoms with Crippen molar-refractivity contribution in [3.05, 3.63) is 45.6 Å². The number of hydrogen-bond acceptors (Lipinski definition) is 5. The van der Waals surface area contributed by atoms with Crippen molar-refractivity contribution in [2.24, 2.45) is 0 Å². The third-order valence-electron chi connectivity index (χ3n) is 2.26. The molecule has 1 aromatic carbocycles. The normalized spacial score (nSPS) is 11.4. The molecule has 0 radical (unpaired) electrons. The molecular formula is C11H6ClO4S2-. The van der Waals surface area contributed by atoms with Crippen molar-refractivity contribution in [3.63, 3.8) is 0 Å². The number of benzene rings is 1. The highest BCUT2D eigenvalue weighted by atomic mass is 35.5. The minimum atomic E-state index is -3.86. The molecule has 0 bridgehead atoms. The van der Waals surface area contributed by atoms with Crippen molar-refractivity contribution in [2.75, 3.05) is 0 Å². The van der Waals surface area contributed by atoms with Gasteiger partial charge in [-0.3, -0.25) is 0 Å². The average molecular weight is 302 g/mol. The minimum absolute atomic E-state index is 0.00667. The second-order valence-electron chi connectivity index (χ2n) is 3.39. The van der Waals surface area contributed by atoms with Crippen molar-refractivity contribution >= 4 is 38.7 Å². The van der Waals surface area contributed by atoms with E-state index in [1.165, 1.54) is 35.0 Å². The summed E-state index contributed by atoms with van der Waals surface area (Å²) in [5.74, 6) is -1.51. The highest BCUT2D eigenvalue weighted by molar-refractivity contribution is 7.91. The maximum Gasteiger partial charge on any atom is 0.208 e. The molecule has 7 heteroatoms. The van der Waals surface area contributed by atoms with E-state index in [1.807, 2.05) is 0 Å². The van der Waals surface area contributed by atoms with Crippen molar-refractivity contribution < 1.29 is 18.3 Å². The summed E-state index contributed by atoms with van der Waals surface area (Å²) in [6, 6.07) is 5.52. The van der Waals surface area contributed by atoms with Gasteiger partial charge in [-0.05, 0) is 24.3 Å². The van der Waals surface area contributed by atoms with Crippen LogP contribution in [0.5, 0.6) is 0 Å². The zero-order chi connectivity index (χ0) is 13.3. The lowest BCUT2D eigenvalue weighted by molar-refractivity contribution is -0.255. The first-order chi connectivity index (χ1) is 8.43. The van der Waals surface area contributed by atoms with Crippen LogP contribution in [-0.4, -0.2) is 14.4 Å². The second kappa shape index (κ2) is 4.72. The standard InChI is InChI=1S/C11H7ClO4S2/c12-7-1-3-8(4-2-7)18(15,16)10-6-17-5-9(10)11(13)14/h1-6H,(H,13,14)/p-1. The molecule has 0 fully saturated rings. The monoisotopic (exact) mass is 301 g/mol. The number of thiophene rings is 1. The van der Waals surface area contributed by atoms with Gasteiger partial charge in [-0.2, -0.15) is 11.3 Å². The zero-order valence-corrected chi connectivity index (χ0v) is 11.2. The highest BCUT2D eigenvalue weighted by Gasteiger charge is 2.22. The smallest absolute Gasteiger partial charge is 0.208 e. The molecular weight excluding hydrogens is 296 g/mol. The molecule has 0 aliphatic rings. The SMILES string of the molecule is O=C([O-])c1cscc1S(=O)(=O)c1ccc(Cl)cc1. The fourth-order valence-electron chi connectivity index (χ4n) is 1.38. The predicted molar refractivity (Wildman–Crippen MR) is 65.6 cm³/mol. The van der Waals surface area contributed by atoms with Crippen LogP contribution in [0.4, 0.5) is 0 Å². The topological polar surface area (TPSA) is 74.3 Å². The molecule has 0 saturated carbocycles. The third-order valence-corrected chi connectivity index (χ3v) is 5.21. The van der Waals surface area contributed by atoms with Crippen molar-refractivity contribution in [1.82, 2.24) is 0 Å². The van der Waals surface area contributed by atoms with E-state index in [4.69, 9.17) is 11.6 Å². The maximum atomic E-state index is 12.2. The Morgan fingerprint density at radius 1 is 1.17 bits per heavy atom. The Morgan fingerprint density at radius 3 is 2.33 bits per heavy atom. The first kappa shape index (κ1) is 13.1. The first-order valence-corrected chi connectivity index (χ1v) is 7.51. The Hall–Kier alpha value is -1.37. The molecule has 0 amide bonds. The van der Waals surface area contributed by atoms with Gasteiger partial charge in [0.15, 0.2) is 0 Å². The van der Waals surface area contributed by atoms with Crippen LogP contribution in [0, 0.1) is 0 Å². The van der Waals surface area contributed by atoms with Crippen molar-refractivity contribution in [3.8, 4) is 0 Å². The first-order valence-electron chi connectivity index (χ1n) is 4.71. The van der Waals surface area contributed by atoms with E-state index < -0.39 is 15.8 Å². The van der Waals surface area contributed by atoms with Gasteiger partial charge in [0.1, 0.15) is 0 Å². The Balaban J connectivity index is 2.58. The molecule has 2 aromatic rings. The van der Waals surface area contributed by atoms with Crippen LogP contribution in [0.1, 0.15) is 10.4 Å². The predicted octanol–water partition coefficient (Wildman–Crippen LogP) is 1.60. The molecule has 1 heterocycles. The number of carboxylic acids is 1. The Morgan fingerprint density at radius 2 is 1.78 bits per heavy atom. The number of carbonyl (C=O) groups excluding carboxylic acids is 1. The lowest BCUT2D eigenvalue weighted by Crippen LogP contribution is -2.23. The average Bonchev–Trinajstić information content (AvgIpc) is 2.79. The number of carboxylic acid groups (broad SMARTS) is 1. The van der Waals surface area contributed by atoms with Crippen molar-refractivity contribution in [1.29, 1.82) is 0 Å². The second-order valence-corrected chi connectivity index (χ2v) is 6.49. The van der Waals surface area contributed by atoms with Gasteiger partial charge in [0.2, 0.25) is 9.84 Å². The molecule has 4 nitrogen and oxygen atoms in total. The van der Waals surface area contributed by atoms with Crippen LogP contribution >= 0.6 is 22.9 Å². The van der Waals surface area contributed by atoms with Gasteiger partial charge in [0, 0.05) is 21.3 Å². The van der Waals surface area contributed by atoms with E-state index in [0.717, 1.165) is 11.3 Å². The number of aromatic carboxylic acids is 1. The molecule has 0 N–H and O–H groups in total. The fraction of sp³-hybridized carbons (Fsp3) is 0. The van der Waals surface area contributed by atoms with Gasteiger partial charge in [-0.1, -0.05) is 11.6 Å². The molecule has 0 unspecified atom stereocenters. The summed E-state index contributed by atoms with van der Waals surface area (Å²) in [5, 5.41) is 13.7. The zero-order valence-electron chi connectivity index (χ0n) is 8.79. The summed E-state index contributed by atoms with van der Waals surface area (Å²) < 4.78 is 24.4. The van der Waals surface area contributed by atoms with Crippen LogP contribution in [0.2, 0.25) is 5.02 Å². The largest absolute Gasteiger partial charge is 0.545 e. The Bertz CT molecular complexity index is 686. The van der Waals surface area contributed by atoms with E-state index in [2.05, 4.69) is 0 Å². The van der Waals surface area contributed by atoms with E-state index in [0.29, 0.717) is 5.02 Å². The Kier molecular flexibility index (Phi) is 3.43. The molecule has 1 aromatic heterocycles. The fourth-order valence-corrected chi connectivity index (χ4v) is 4.11. The minimum Gasteiger partial charge on any atom is -0.545 e. The summed E-state index contributed by atoms with van der Waals surface area (Å²) in [5.41, 5.74) is -0.324. The summed E-state index contributed by atoms with van der Waals surface area (Å²) in [4.78, 5) is 10.6. The molecule has 0 aliphatic carbocycles. The van der Waals surface area contributed by atoms with Crippen LogP contribution in [-0.2, 0) is 9.84 Å². The lowest BCUT2D eigenvalue weighted by Gasteiger charge is -2.06. The van der Waals surface area contributed by atoms with Gasteiger partial charge in [0.25, 0.3) is 0 Å². The summed E-state index contributed by atoms with van der Waals surface area (Å²) >= 11 is 6.66. The summed E-state index contributed by atoms with van der Waals surface area (Å²) in [7, 11) is -3.86. The van der Waals surface area contributed by atoms with E-state index in [1.54, 1.807) is 0 Å². The van der Waals surface area contributed by atoms with Gasteiger partial charge < -0.3 is 9.90 Å². The molecule has 2 rings (SSSR count). The molecule has 18 heavy (non-hydrogen) atoms. The summed E-state index contributed by atoms with van der Waals surface area (Å²) in [6.45, 7) is 0. The maximum absolute atomic E-state index is 12.2. The quantitative estimate of drug-likeness (QED) is 0.863. The number of carbonyl (C=O) groups is 1. The van der Waals surface area contributed by atoms with E-state index >= 15 is 0 Å². The van der Waals surface area contributed by atoms with Crippen LogP contribution in [0.25, 0.3) is 0 Å². The molecule has 0 saturated heterocycles. The number of halogens is 1. The van der Waals surface area contributed by atoms with E-state index in [-0.39, 0.29) is 15.4 Å². The number of rotatable bonds is 3. The van der Waals surface area contributed by atoms with Crippen LogP contribution in [0.3, 0.4) is 0 Å². The van der Waals surface area contributed by atoms with Crippen LogP contribution < -0.4 is 5.11 Å².